The van der Waals surface area contributed by atoms with Gasteiger partial charge in [-0.3, -0.25) is 0 Å². The molecule has 0 fully saturated rings. The van der Waals surface area contributed by atoms with Gasteiger partial charge in [0.15, 0.2) is 5.13 Å². The molecular formula is C5H10Br2N2S. The zero-order valence-corrected chi connectivity index (χ0v) is 9.99. The molecule has 0 aliphatic carbocycles. The minimum atomic E-state index is 0. The number of nitrogens with zero attached hydrogens (tertiary/aromatic N) is 1. The molecule has 2 N–H and O–H groups in total. The Labute approximate surface area is 85.4 Å². The molecule has 0 aliphatic heterocycles. The van der Waals surface area contributed by atoms with Crippen LogP contribution in [0.25, 0.3) is 0 Å². The molecule has 0 radical (unpaired) electrons. The van der Waals surface area contributed by atoms with Crippen LogP contribution in [0.15, 0.2) is 0 Å². The summed E-state index contributed by atoms with van der Waals surface area (Å²) in [5.74, 6) is 0. The topological polar surface area (TPSA) is 38.9 Å². The smallest absolute Gasteiger partial charge is 0.180 e. The van der Waals surface area contributed by atoms with E-state index in [0.29, 0.717) is 5.13 Å². The van der Waals surface area contributed by atoms with Crippen LogP contribution in [0.1, 0.15) is 10.6 Å². The number of aromatic nitrogens is 1. The van der Waals surface area contributed by atoms with Crippen LogP contribution in [0.3, 0.4) is 0 Å². The van der Waals surface area contributed by atoms with Gasteiger partial charge in [0.05, 0.1) is 5.69 Å². The van der Waals surface area contributed by atoms with Crippen molar-refractivity contribution in [3.8, 4) is 0 Å². The number of anilines is 1. The van der Waals surface area contributed by atoms with Gasteiger partial charge >= 0.3 is 0 Å². The molecule has 0 aromatic carbocycles. The largest absolute Gasteiger partial charge is 0.375 e. The normalized spacial score (nSPS) is 7.80. The molecule has 0 bridgehead atoms. The van der Waals surface area contributed by atoms with Crippen LogP contribution >= 0.6 is 45.3 Å². The molecule has 0 atom stereocenters. The summed E-state index contributed by atoms with van der Waals surface area (Å²) in [6.07, 6.45) is 0. The van der Waals surface area contributed by atoms with E-state index in [1.807, 2.05) is 13.8 Å². The molecule has 0 amide bonds. The first-order valence-electron chi connectivity index (χ1n) is 2.39. The zero-order valence-electron chi connectivity index (χ0n) is 5.75. The second-order valence-corrected chi connectivity index (χ2v) is 2.93. The minimum Gasteiger partial charge on any atom is -0.375 e. The SMILES string of the molecule is Br.Br.Cc1nc(N)sc1C. The Morgan fingerprint density at radius 3 is 1.90 bits per heavy atom. The molecule has 2 nitrogen and oxygen atoms in total. The molecule has 60 valence electrons. The molecule has 0 saturated heterocycles. The molecular weight excluding hydrogens is 280 g/mol. The number of nitrogen functional groups attached to an aromatic ring is 1. The number of thiazole rings is 1. The lowest BCUT2D eigenvalue weighted by atomic mass is 10.4. The van der Waals surface area contributed by atoms with E-state index in [0.717, 1.165) is 5.69 Å². The molecule has 0 spiro atoms. The van der Waals surface area contributed by atoms with Gasteiger partial charge in [-0.1, -0.05) is 0 Å². The average molecular weight is 290 g/mol. The molecule has 5 heteroatoms. The van der Waals surface area contributed by atoms with Gasteiger partial charge in [-0.25, -0.2) is 4.98 Å². The van der Waals surface area contributed by atoms with E-state index < -0.39 is 0 Å². The Bertz CT molecular complexity index is 180. The van der Waals surface area contributed by atoms with E-state index in [9.17, 15) is 0 Å². The quantitative estimate of drug-likeness (QED) is 0.797. The maximum atomic E-state index is 5.39. The van der Waals surface area contributed by atoms with Crippen molar-refractivity contribution in [2.45, 2.75) is 13.8 Å². The number of halogens is 2. The van der Waals surface area contributed by atoms with Crippen molar-refractivity contribution >= 4 is 50.4 Å². The van der Waals surface area contributed by atoms with Gasteiger partial charge in [-0.2, -0.15) is 0 Å². The molecule has 1 rings (SSSR count). The molecule has 1 heterocycles. The predicted molar refractivity (Wildman–Crippen MR) is 56.6 cm³/mol. The van der Waals surface area contributed by atoms with E-state index in [2.05, 4.69) is 4.98 Å². The van der Waals surface area contributed by atoms with Crippen LogP contribution in [0.2, 0.25) is 0 Å². The van der Waals surface area contributed by atoms with Crippen LogP contribution in [0.4, 0.5) is 5.13 Å². The van der Waals surface area contributed by atoms with Gasteiger partial charge in [0, 0.05) is 4.88 Å². The van der Waals surface area contributed by atoms with Crippen molar-refractivity contribution in [2.75, 3.05) is 5.73 Å². The Hall–Kier alpha value is 0.390. The third-order valence-corrected chi connectivity index (χ3v) is 1.95. The number of aryl methyl sites for hydroxylation is 2. The first kappa shape index (κ1) is 13.0. The number of hydrogen-bond acceptors (Lipinski definition) is 3. The molecule has 10 heavy (non-hydrogen) atoms. The van der Waals surface area contributed by atoms with Crippen molar-refractivity contribution < 1.29 is 0 Å². The maximum Gasteiger partial charge on any atom is 0.180 e. The zero-order chi connectivity index (χ0) is 6.15. The Morgan fingerprint density at radius 1 is 1.30 bits per heavy atom. The lowest BCUT2D eigenvalue weighted by Gasteiger charge is -1.77. The van der Waals surface area contributed by atoms with Crippen molar-refractivity contribution in [2.24, 2.45) is 0 Å². The summed E-state index contributed by atoms with van der Waals surface area (Å²) in [6, 6.07) is 0. The fourth-order valence-electron chi connectivity index (χ4n) is 0.498. The molecule has 0 saturated carbocycles. The lowest BCUT2D eigenvalue weighted by Crippen LogP contribution is -1.80. The van der Waals surface area contributed by atoms with Crippen molar-refractivity contribution in [3.63, 3.8) is 0 Å². The van der Waals surface area contributed by atoms with Crippen LogP contribution in [0, 0.1) is 13.8 Å². The van der Waals surface area contributed by atoms with Crippen molar-refractivity contribution in [1.29, 1.82) is 0 Å². The number of rotatable bonds is 0. The highest BCUT2D eigenvalue weighted by molar-refractivity contribution is 8.93. The first-order valence-corrected chi connectivity index (χ1v) is 3.21. The highest BCUT2D eigenvalue weighted by Crippen LogP contribution is 2.16. The van der Waals surface area contributed by atoms with Crippen molar-refractivity contribution in [1.82, 2.24) is 4.98 Å². The van der Waals surface area contributed by atoms with Crippen LogP contribution in [0.5, 0.6) is 0 Å². The summed E-state index contributed by atoms with van der Waals surface area (Å²) in [4.78, 5) is 5.22. The fourth-order valence-corrected chi connectivity index (χ4v) is 1.19. The van der Waals surface area contributed by atoms with E-state index >= 15 is 0 Å². The van der Waals surface area contributed by atoms with Crippen LogP contribution < -0.4 is 5.73 Å². The monoisotopic (exact) mass is 288 g/mol. The Kier molecular flexibility index (Phi) is 6.63. The van der Waals surface area contributed by atoms with Crippen LogP contribution in [-0.2, 0) is 0 Å². The molecule has 1 aromatic rings. The van der Waals surface area contributed by atoms with Gasteiger partial charge in [0.25, 0.3) is 0 Å². The summed E-state index contributed by atoms with van der Waals surface area (Å²) >= 11 is 1.54. The van der Waals surface area contributed by atoms with Crippen LogP contribution in [-0.4, -0.2) is 4.98 Å². The fraction of sp³-hybridized carbons (Fsp3) is 0.400. The van der Waals surface area contributed by atoms with Crippen molar-refractivity contribution in [3.05, 3.63) is 10.6 Å². The molecule has 0 unspecified atom stereocenters. The summed E-state index contributed by atoms with van der Waals surface area (Å²) in [5, 5.41) is 0.667. The third kappa shape index (κ3) is 2.98. The van der Waals surface area contributed by atoms with E-state index in [4.69, 9.17) is 5.73 Å². The third-order valence-electron chi connectivity index (χ3n) is 1.05. The first-order chi connectivity index (χ1) is 3.70. The highest BCUT2D eigenvalue weighted by Gasteiger charge is 1.96. The van der Waals surface area contributed by atoms with E-state index in [1.54, 1.807) is 0 Å². The molecule has 1 aromatic heterocycles. The predicted octanol–water partition coefficient (Wildman–Crippen LogP) is 2.50. The highest BCUT2D eigenvalue weighted by atomic mass is 79.9. The summed E-state index contributed by atoms with van der Waals surface area (Å²) in [5.41, 5.74) is 6.44. The minimum absolute atomic E-state index is 0. The number of hydrogen-bond donors (Lipinski definition) is 1. The maximum absolute atomic E-state index is 5.39. The second-order valence-electron chi connectivity index (χ2n) is 1.69. The Morgan fingerprint density at radius 2 is 1.80 bits per heavy atom. The number of nitrogens with two attached hydrogens (primary N) is 1. The summed E-state index contributed by atoms with van der Waals surface area (Å²) < 4.78 is 0. The van der Waals surface area contributed by atoms with E-state index in [-0.39, 0.29) is 34.0 Å². The second kappa shape index (κ2) is 5.09. The van der Waals surface area contributed by atoms with Gasteiger partial charge in [0.1, 0.15) is 0 Å². The van der Waals surface area contributed by atoms with Gasteiger partial charge in [0.2, 0.25) is 0 Å². The lowest BCUT2D eigenvalue weighted by molar-refractivity contribution is 1.24. The van der Waals surface area contributed by atoms with Gasteiger partial charge < -0.3 is 5.73 Å². The van der Waals surface area contributed by atoms with Gasteiger partial charge in [-0.05, 0) is 13.8 Å². The standard InChI is InChI=1S/C5H8N2S.2BrH/c1-3-4(2)8-5(6)7-3;;/h1-2H3,(H2,6,7);2*1H. The summed E-state index contributed by atoms with van der Waals surface area (Å²) in [7, 11) is 0. The van der Waals surface area contributed by atoms with E-state index in [1.165, 1.54) is 16.2 Å². The average Bonchev–Trinajstić information content (AvgIpc) is 1.85. The summed E-state index contributed by atoms with van der Waals surface area (Å²) in [6.45, 7) is 3.98. The van der Waals surface area contributed by atoms with Gasteiger partial charge in [-0.15, -0.1) is 45.3 Å². The Balaban J connectivity index is 0. The molecule has 0 aliphatic rings.